The zero-order valence-corrected chi connectivity index (χ0v) is 17.6. The number of nitro benzene ring substituents is 1. The first-order chi connectivity index (χ1) is 15.1. The van der Waals surface area contributed by atoms with Gasteiger partial charge in [0.25, 0.3) is 11.6 Å². The van der Waals surface area contributed by atoms with E-state index in [4.69, 9.17) is 4.74 Å². The molecule has 4 rings (SSSR count). The molecule has 0 aliphatic carbocycles. The molecule has 0 aromatic heterocycles. The molecule has 2 aromatic rings. The van der Waals surface area contributed by atoms with E-state index in [0.29, 0.717) is 44.1 Å². The Hall–Kier alpha value is -2.97. The average Bonchev–Trinajstić information content (AvgIpc) is 3.31. The molecule has 0 radical (unpaired) electrons. The number of non-ortho nitro benzene ring substituents is 1. The second kappa shape index (κ2) is 9.89. The number of morpholine rings is 1. The first-order valence-corrected chi connectivity index (χ1v) is 10.9. The summed E-state index contributed by atoms with van der Waals surface area (Å²) in [5.41, 5.74) is 3.25. The molecule has 2 aliphatic rings. The zero-order valence-electron chi connectivity index (χ0n) is 17.6. The van der Waals surface area contributed by atoms with Crippen LogP contribution >= 0.6 is 0 Å². The average molecular weight is 426 g/mol. The van der Waals surface area contributed by atoms with Gasteiger partial charge in [-0.15, -0.1) is 0 Å². The Morgan fingerprint density at radius 1 is 1.06 bits per heavy atom. The van der Waals surface area contributed by atoms with Gasteiger partial charge in [0.2, 0.25) is 0 Å². The van der Waals surface area contributed by atoms with E-state index in [1.54, 1.807) is 11.0 Å². The summed E-state index contributed by atoms with van der Waals surface area (Å²) in [6.07, 6.45) is 2.62. The van der Waals surface area contributed by atoms with Crippen LogP contribution in [0.2, 0.25) is 0 Å². The number of hydrogen-bond donors (Lipinski definition) is 2. The van der Waals surface area contributed by atoms with Gasteiger partial charge in [-0.1, -0.05) is 24.3 Å². The van der Waals surface area contributed by atoms with E-state index in [9.17, 15) is 14.9 Å². The lowest BCUT2D eigenvalue weighted by molar-refractivity contribution is -0.901. The smallest absolute Gasteiger partial charge is 0.270 e. The quantitative estimate of drug-likeness (QED) is 0.519. The Morgan fingerprint density at radius 3 is 2.42 bits per heavy atom. The summed E-state index contributed by atoms with van der Waals surface area (Å²) >= 11 is 0. The number of ether oxygens (including phenoxy) is 1. The van der Waals surface area contributed by atoms with Crippen LogP contribution in [-0.2, 0) is 17.8 Å². The molecule has 164 valence electrons. The summed E-state index contributed by atoms with van der Waals surface area (Å²) in [5.74, 6) is -0.309. The van der Waals surface area contributed by atoms with Gasteiger partial charge in [0.15, 0.2) is 0 Å². The lowest BCUT2D eigenvalue weighted by atomic mass is 10.1. The van der Waals surface area contributed by atoms with Crippen LogP contribution in [-0.4, -0.2) is 50.2 Å². The van der Waals surface area contributed by atoms with E-state index in [2.05, 4.69) is 17.4 Å². The number of amides is 1. The van der Waals surface area contributed by atoms with Crippen molar-refractivity contribution in [3.05, 3.63) is 69.3 Å². The molecule has 31 heavy (non-hydrogen) atoms. The third-order valence-electron chi connectivity index (χ3n) is 6.03. The third-order valence-corrected chi connectivity index (χ3v) is 6.03. The minimum atomic E-state index is -0.471. The number of anilines is 1. The number of likely N-dealkylation sites (tertiary alicyclic amines) is 1. The maximum atomic E-state index is 13.0. The van der Waals surface area contributed by atoms with E-state index < -0.39 is 4.92 Å². The molecule has 2 aromatic carbocycles. The van der Waals surface area contributed by atoms with E-state index in [-0.39, 0.29) is 11.6 Å². The summed E-state index contributed by atoms with van der Waals surface area (Å²) in [6.45, 7) is 6.35. The maximum absolute atomic E-state index is 13.0. The number of carbonyl (C=O) groups is 1. The number of quaternary nitrogens is 1. The maximum Gasteiger partial charge on any atom is 0.270 e. The minimum absolute atomic E-state index is 0.0871. The van der Waals surface area contributed by atoms with Gasteiger partial charge < -0.3 is 19.9 Å². The first kappa shape index (κ1) is 21.3. The molecule has 0 bridgehead atoms. The molecule has 0 unspecified atom stereocenters. The number of benzene rings is 2. The van der Waals surface area contributed by atoms with Gasteiger partial charge in [0.1, 0.15) is 6.54 Å². The van der Waals surface area contributed by atoms with Crippen molar-refractivity contribution in [2.75, 3.05) is 44.3 Å². The summed E-state index contributed by atoms with van der Waals surface area (Å²) in [5, 5.41) is 14.2. The largest absolute Gasteiger partial charge is 0.378 e. The highest BCUT2D eigenvalue weighted by atomic mass is 16.6. The van der Waals surface area contributed by atoms with E-state index in [1.807, 2.05) is 17.0 Å². The Morgan fingerprint density at radius 2 is 1.74 bits per heavy atom. The Labute approximate surface area is 181 Å². The minimum Gasteiger partial charge on any atom is -0.378 e. The summed E-state index contributed by atoms with van der Waals surface area (Å²) in [6, 6.07) is 12.8. The van der Waals surface area contributed by atoms with Gasteiger partial charge in [-0.2, -0.15) is 0 Å². The number of nitrogens with one attached hydrogen (secondary N) is 2. The van der Waals surface area contributed by atoms with E-state index >= 15 is 0 Å². The van der Waals surface area contributed by atoms with Crippen LogP contribution in [0.5, 0.6) is 0 Å². The van der Waals surface area contributed by atoms with Crippen LogP contribution in [0.1, 0.15) is 34.3 Å². The molecular weight excluding hydrogens is 396 g/mol. The first-order valence-electron chi connectivity index (χ1n) is 10.9. The van der Waals surface area contributed by atoms with Crippen LogP contribution in [0.15, 0.2) is 42.5 Å². The molecule has 2 heterocycles. The van der Waals surface area contributed by atoms with E-state index in [0.717, 1.165) is 12.1 Å². The number of carbonyl (C=O) groups excluding carboxylic acids is 1. The highest BCUT2D eigenvalue weighted by Crippen LogP contribution is 2.26. The van der Waals surface area contributed by atoms with Gasteiger partial charge in [-0.3, -0.25) is 14.9 Å². The topological polar surface area (TPSA) is 89.1 Å². The van der Waals surface area contributed by atoms with Crippen molar-refractivity contribution in [2.24, 2.45) is 0 Å². The SMILES string of the molecule is O=C(NCc1ccc(C[NH+]2CCCC2)cc1)c1cc([N+](=O)[O-])ccc1N1CCOCC1. The number of nitrogens with zero attached hydrogens (tertiary/aromatic N) is 2. The normalized spacial score (nSPS) is 17.0. The predicted octanol–water partition coefficient (Wildman–Crippen LogP) is 1.54. The Kier molecular flexibility index (Phi) is 6.79. The van der Waals surface area contributed by atoms with Crippen molar-refractivity contribution in [1.29, 1.82) is 0 Å². The van der Waals surface area contributed by atoms with Gasteiger partial charge in [0, 0.05) is 50.2 Å². The van der Waals surface area contributed by atoms with Gasteiger partial charge in [0.05, 0.1) is 42.5 Å². The molecule has 0 spiro atoms. The van der Waals surface area contributed by atoms with Crippen LogP contribution < -0.4 is 15.1 Å². The van der Waals surface area contributed by atoms with Crippen molar-refractivity contribution < 1.29 is 19.4 Å². The highest BCUT2D eigenvalue weighted by molar-refractivity contribution is 6.00. The standard InChI is InChI=1S/C23H28N4O4/c28-23(24-16-18-3-5-19(6-4-18)17-25-9-1-2-10-25)21-15-20(27(29)30)7-8-22(21)26-11-13-31-14-12-26/h3-8,15H,1-2,9-14,16-17H2,(H,24,28)/p+1. The van der Waals surface area contributed by atoms with Crippen LogP contribution in [0.3, 0.4) is 0 Å². The molecule has 2 fully saturated rings. The molecule has 8 nitrogen and oxygen atoms in total. The Bertz CT molecular complexity index is 920. The summed E-state index contributed by atoms with van der Waals surface area (Å²) in [4.78, 5) is 27.4. The van der Waals surface area contributed by atoms with E-state index in [1.165, 1.54) is 43.6 Å². The molecule has 8 heteroatoms. The number of rotatable bonds is 7. The number of nitro groups is 1. The molecule has 2 aliphatic heterocycles. The van der Waals surface area contributed by atoms with Crippen molar-refractivity contribution in [3.8, 4) is 0 Å². The lowest BCUT2D eigenvalue weighted by Gasteiger charge is -2.30. The molecule has 2 N–H and O–H groups in total. The lowest BCUT2D eigenvalue weighted by Crippen LogP contribution is -3.08. The fourth-order valence-corrected chi connectivity index (χ4v) is 4.29. The highest BCUT2D eigenvalue weighted by Gasteiger charge is 2.22. The van der Waals surface area contributed by atoms with Crippen molar-refractivity contribution in [1.82, 2.24) is 5.32 Å². The number of hydrogen-bond acceptors (Lipinski definition) is 5. The second-order valence-corrected chi connectivity index (χ2v) is 8.19. The summed E-state index contributed by atoms with van der Waals surface area (Å²) in [7, 11) is 0. The molecular formula is C23H29N4O4+. The van der Waals surface area contributed by atoms with Gasteiger partial charge >= 0.3 is 0 Å². The predicted molar refractivity (Wildman–Crippen MR) is 117 cm³/mol. The molecule has 2 saturated heterocycles. The van der Waals surface area contributed by atoms with Crippen LogP contribution in [0.25, 0.3) is 0 Å². The fraction of sp³-hybridized carbons (Fsp3) is 0.435. The Balaban J connectivity index is 1.43. The van der Waals surface area contributed by atoms with Crippen molar-refractivity contribution in [2.45, 2.75) is 25.9 Å². The van der Waals surface area contributed by atoms with Gasteiger partial charge in [-0.25, -0.2) is 0 Å². The summed E-state index contributed by atoms with van der Waals surface area (Å²) < 4.78 is 5.39. The monoisotopic (exact) mass is 425 g/mol. The third kappa shape index (κ3) is 5.39. The molecule has 0 atom stereocenters. The van der Waals surface area contributed by atoms with Gasteiger partial charge in [-0.05, 0) is 11.6 Å². The van der Waals surface area contributed by atoms with Crippen molar-refractivity contribution >= 4 is 17.3 Å². The van der Waals surface area contributed by atoms with Crippen molar-refractivity contribution in [3.63, 3.8) is 0 Å². The molecule has 0 saturated carbocycles. The van der Waals surface area contributed by atoms with Crippen LogP contribution in [0.4, 0.5) is 11.4 Å². The second-order valence-electron chi connectivity index (χ2n) is 8.19. The van der Waals surface area contributed by atoms with Crippen LogP contribution in [0, 0.1) is 10.1 Å². The zero-order chi connectivity index (χ0) is 21.6. The molecule has 1 amide bonds. The fourth-order valence-electron chi connectivity index (χ4n) is 4.29.